The predicted octanol–water partition coefficient (Wildman–Crippen LogP) is 2.37. The van der Waals surface area contributed by atoms with E-state index in [0.29, 0.717) is 41.0 Å². The van der Waals surface area contributed by atoms with Crippen LogP contribution in [0.2, 0.25) is 0 Å². The molecule has 1 amide bonds. The molecule has 0 atom stereocenters. The number of rotatable bonds is 7. The Morgan fingerprint density at radius 1 is 1.19 bits per heavy atom. The summed E-state index contributed by atoms with van der Waals surface area (Å²) in [5.41, 5.74) is 0.693. The number of methoxy groups -OCH3 is 1. The Morgan fingerprint density at radius 3 is 2.65 bits per heavy atom. The molecule has 10 nitrogen and oxygen atoms in total. The second kappa shape index (κ2) is 8.26. The lowest BCUT2D eigenvalue weighted by Crippen LogP contribution is -2.38. The fraction of sp³-hybridized carbons (Fsp3) is 0.250. The average Bonchev–Trinajstić information content (AvgIpc) is 3.23. The second-order valence-electron chi connectivity index (χ2n) is 6.69. The van der Waals surface area contributed by atoms with E-state index in [1.165, 1.54) is 30.2 Å². The molecule has 0 aliphatic carbocycles. The third kappa shape index (κ3) is 4.31. The quantitative estimate of drug-likeness (QED) is 0.589. The monoisotopic (exact) mass is 444 g/mol. The fourth-order valence-electron chi connectivity index (χ4n) is 3.03. The zero-order valence-electron chi connectivity index (χ0n) is 16.9. The molecule has 0 radical (unpaired) electrons. The zero-order valence-corrected chi connectivity index (χ0v) is 17.7. The number of amides is 1. The third-order valence-electron chi connectivity index (χ3n) is 4.64. The molecule has 4 rings (SSSR count). The molecular weight excluding hydrogens is 424 g/mol. The van der Waals surface area contributed by atoms with E-state index in [2.05, 4.69) is 14.9 Å². The average molecular weight is 444 g/mol. The summed E-state index contributed by atoms with van der Waals surface area (Å²) in [7, 11) is -2.39. The molecule has 0 unspecified atom stereocenters. The number of carbonyl (C=O) groups is 1. The number of carbonyl (C=O) groups excluding carboxylic acids is 1. The fourth-order valence-corrected chi connectivity index (χ4v) is 4.11. The molecule has 3 aromatic rings. The molecule has 1 aliphatic heterocycles. The van der Waals surface area contributed by atoms with Gasteiger partial charge in [-0.15, -0.1) is 0 Å². The van der Waals surface area contributed by atoms with Gasteiger partial charge in [0.05, 0.1) is 24.2 Å². The van der Waals surface area contributed by atoms with Gasteiger partial charge >= 0.3 is 0 Å². The Hall–Kier alpha value is -3.60. The summed E-state index contributed by atoms with van der Waals surface area (Å²) < 4.78 is 44.0. The Balaban J connectivity index is 1.63. The third-order valence-corrected chi connectivity index (χ3v) is 6.02. The van der Waals surface area contributed by atoms with Crippen molar-refractivity contribution in [2.24, 2.45) is 0 Å². The lowest BCUT2D eigenvalue weighted by molar-refractivity contribution is -0.121. The number of anilines is 2. The number of nitrogens with zero attached hydrogens (tertiary/aromatic N) is 3. The van der Waals surface area contributed by atoms with E-state index in [4.69, 9.17) is 14.0 Å². The molecule has 1 N–H and O–H groups in total. The first-order valence-electron chi connectivity index (χ1n) is 9.45. The highest BCUT2D eigenvalue weighted by Gasteiger charge is 2.29. The number of sulfonamides is 1. The van der Waals surface area contributed by atoms with E-state index in [1.807, 2.05) is 6.92 Å². The summed E-state index contributed by atoms with van der Waals surface area (Å²) in [6.45, 7) is 1.75. The maximum Gasteiger partial charge on any atom is 0.265 e. The number of hydrogen-bond donors (Lipinski definition) is 1. The maximum atomic E-state index is 12.9. The zero-order chi connectivity index (χ0) is 22.0. The summed E-state index contributed by atoms with van der Waals surface area (Å²) in [5.74, 6) is 1.43. The van der Waals surface area contributed by atoms with Crippen LogP contribution in [0.15, 0.2) is 51.9 Å². The van der Waals surface area contributed by atoms with Crippen LogP contribution in [0.1, 0.15) is 18.6 Å². The molecule has 0 saturated carbocycles. The van der Waals surface area contributed by atoms with Crippen molar-refractivity contribution in [3.05, 3.63) is 54.2 Å². The molecule has 2 aromatic carbocycles. The molecular formula is C20H20N4O6S. The summed E-state index contributed by atoms with van der Waals surface area (Å²) in [6, 6.07) is 10.8. The summed E-state index contributed by atoms with van der Waals surface area (Å²) in [5, 5.41) is 3.87. The minimum absolute atomic E-state index is 0.0206. The SMILES string of the molecule is CCc1nc(CN2C(=O)COc3ccc(S(=O)(=O)Nc4ccc(OC)cc4)cc32)no1. The van der Waals surface area contributed by atoms with Gasteiger partial charge in [0.1, 0.15) is 11.5 Å². The number of fused-ring (bicyclic) bond motifs is 1. The molecule has 1 aliphatic rings. The van der Waals surface area contributed by atoms with Crippen molar-refractivity contribution in [2.45, 2.75) is 24.8 Å². The predicted molar refractivity (Wildman–Crippen MR) is 111 cm³/mol. The second-order valence-corrected chi connectivity index (χ2v) is 8.37. The molecule has 0 saturated heterocycles. The summed E-state index contributed by atoms with van der Waals surface area (Å²) in [4.78, 5) is 18.1. The van der Waals surface area contributed by atoms with Crippen LogP contribution < -0.4 is 19.1 Å². The minimum atomic E-state index is -3.91. The van der Waals surface area contributed by atoms with Gasteiger partial charge in [-0.25, -0.2) is 8.42 Å². The van der Waals surface area contributed by atoms with Gasteiger partial charge in [0.2, 0.25) is 5.89 Å². The highest BCUT2D eigenvalue weighted by atomic mass is 32.2. The normalized spacial score (nSPS) is 13.5. The van der Waals surface area contributed by atoms with Crippen molar-refractivity contribution >= 4 is 27.3 Å². The lowest BCUT2D eigenvalue weighted by atomic mass is 10.2. The van der Waals surface area contributed by atoms with E-state index in [1.54, 1.807) is 24.3 Å². The van der Waals surface area contributed by atoms with Crippen LogP contribution in [0.4, 0.5) is 11.4 Å². The largest absolute Gasteiger partial charge is 0.497 e. The van der Waals surface area contributed by atoms with Gasteiger partial charge in [0.25, 0.3) is 15.9 Å². The van der Waals surface area contributed by atoms with Crippen LogP contribution in [0, 0.1) is 0 Å². The van der Waals surface area contributed by atoms with E-state index >= 15 is 0 Å². The number of nitrogens with one attached hydrogen (secondary N) is 1. The van der Waals surface area contributed by atoms with Crippen LogP contribution in [0.25, 0.3) is 0 Å². The molecule has 0 spiro atoms. The molecule has 11 heteroatoms. The number of hydrogen-bond acceptors (Lipinski definition) is 8. The van der Waals surface area contributed by atoms with Crippen molar-refractivity contribution in [3.8, 4) is 11.5 Å². The maximum absolute atomic E-state index is 12.9. The van der Waals surface area contributed by atoms with E-state index in [0.717, 1.165) is 0 Å². The van der Waals surface area contributed by atoms with Crippen LogP contribution >= 0.6 is 0 Å². The summed E-state index contributed by atoms with van der Waals surface area (Å²) in [6.07, 6.45) is 0.570. The van der Waals surface area contributed by atoms with Gasteiger partial charge in [-0.2, -0.15) is 4.98 Å². The number of benzene rings is 2. The van der Waals surface area contributed by atoms with Crippen LogP contribution in [-0.4, -0.2) is 38.2 Å². The van der Waals surface area contributed by atoms with Crippen molar-refractivity contribution in [1.82, 2.24) is 10.1 Å². The summed E-state index contributed by atoms with van der Waals surface area (Å²) >= 11 is 0. The van der Waals surface area contributed by atoms with Gasteiger partial charge in [0.15, 0.2) is 12.4 Å². The van der Waals surface area contributed by atoms with Crippen LogP contribution in [-0.2, 0) is 27.8 Å². The van der Waals surface area contributed by atoms with E-state index in [-0.39, 0.29) is 24.0 Å². The highest BCUT2D eigenvalue weighted by molar-refractivity contribution is 7.92. The standard InChI is InChI=1S/C20H20N4O6S/c1-3-19-21-18(22-30-19)11-24-16-10-15(8-9-17(16)29-12-20(24)25)31(26,27)23-13-4-6-14(28-2)7-5-13/h4-10,23H,3,11-12H2,1-2H3. The molecule has 0 bridgehead atoms. The number of ether oxygens (including phenoxy) is 2. The first-order valence-corrected chi connectivity index (χ1v) is 10.9. The Kier molecular flexibility index (Phi) is 5.51. The smallest absolute Gasteiger partial charge is 0.265 e. The van der Waals surface area contributed by atoms with Crippen molar-refractivity contribution in [2.75, 3.05) is 23.3 Å². The van der Waals surface area contributed by atoms with E-state index in [9.17, 15) is 13.2 Å². The first-order chi connectivity index (χ1) is 14.9. The van der Waals surface area contributed by atoms with Crippen LogP contribution in [0.3, 0.4) is 0 Å². The van der Waals surface area contributed by atoms with Crippen molar-refractivity contribution in [3.63, 3.8) is 0 Å². The Morgan fingerprint density at radius 2 is 1.97 bits per heavy atom. The Bertz CT molecular complexity index is 1210. The molecule has 162 valence electrons. The van der Waals surface area contributed by atoms with Crippen molar-refractivity contribution < 1.29 is 27.2 Å². The van der Waals surface area contributed by atoms with Crippen molar-refractivity contribution in [1.29, 1.82) is 0 Å². The number of aryl methyl sites for hydroxylation is 1. The van der Waals surface area contributed by atoms with Crippen LogP contribution in [0.5, 0.6) is 11.5 Å². The minimum Gasteiger partial charge on any atom is -0.497 e. The topological polar surface area (TPSA) is 124 Å². The molecule has 0 fully saturated rings. The molecule has 1 aromatic heterocycles. The van der Waals surface area contributed by atoms with Gasteiger partial charge in [-0.05, 0) is 42.5 Å². The molecule has 31 heavy (non-hydrogen) atoms. The Labute approximate surface area is 178 Å². The van der Waals surface area contributed by atoms with Gasteiger partial charge in [-0.3, -0.25) is 14.4 Å². The molecule has 2 heterocycles. The number of aromatic nitrogens is 2. The lowest BCUT2D eigenvalue weighted by Gasteiger charge is -2.28. The van der Waals surface area contributed by atoms with E-state index < -0.39 is 10.0 Å². The first kappa shape index (κ1) is 20.7. The van der Waals surface area contributed by atoms with Gasteiger partial charge < -0.3 is 14.0 Å². The van der Waals surface area contributed by atoms with Gasteiger partial charge in [0, 0.05) is 12.1 Å². The highest BCUT2D eigenvalue weighted by Crippen LogP contribution is 2.35. The van der Waals surface area contributed by atoms with Gasteiger partial charge in [-0.1, -0.05) is 12.1 Å².